The van der Waals surface area contributed by atoms with E-state index in [2.05, 4.69) is 9.97 Å². The molecule has 0 aliphatic carbocycles. The van der Waals surface area contributed by atoms with Crippen LogP contribution < -0.4 is 4.74 Å². The van der Waals surface area contributed by atoms with Gasteiger partial charge in [-0.25, -0.2) is 14.8 Å². The van der Waals surface area contributed by atoms with Crippen LogP contribution in [0.25, 0.3) is 10.9 Å². The van der Waals surface area contributed by atoms with E-state index < -0.39 is 5.97 Å². The number of fused-ring (bicyclic) bond motifs is 1. The number of aromatic carboxylic acids is 1. The number of ether oxygens (including phenoxy) is 1. The normalized spacial score (nSPS) is 10.5. The summed E-state index contributed by atoms with van der Waals surface area (Å²) < 4.78 is 5.73. The van der Waals surface area contributed by atoms with E-state index in [1.807, 2.05) is 31.2 Å². The lowest BCUT2D eigenvalue weighted by Gasteiger charge is -2.10. The van der Waals surface area contributed by atoms with Crippen LogP contribution in [0.5, 0.6) is 11.6 Å². The third-order valence-corrected chi connectivity index (χ3v) is 3.08. The first-order chi connectivity index (χ1) is 10.1. The molecule has 0 bridgehead atoms. The monoisotopic (exact) mass is 280 g/mol. The number of hydrogen-bond donors (Lipinski definition) is 1. The van der Waals surface area contributed by atoms with Crippen molar-refractivity contribution >= 4 is 16.9 Å². The Morgan fingerprint density at radius 1 is 1.14 bits per heavy atom. The summed E-state index contributed by atoms with van der Waals surface area (Å²) in [6.45, 7) is 1.87. The number of aryl methyl sites for hydroxylation is 1. The van der Waals surface area contributed by atoms with Gasteiger partial charge in [0.05, 0.1) is 10.9 Å². The lowest BCUT2D eigenvalue weighted by atomic mass is 10.1. The summed E-state index contributed by atoms with van der Waals surface area (Å²) in [5.41, 5.74) is 1.75. The Kier molecular flexibility index (Phi) is 3.23. The molecule has 104 valence electrons. The van der Waals surface area contributed by atoms with Crippen LogP contribution in [0.3, 0.4) is 0 Å². The second-order valence-electron chi connectivity index (χ2n) is 4.60. The zero-order chi connectivity index (χ0) is 14.8. The topological polar surface area (TPSA) is 72.3 Å². The summed E-state index contributed by atoms with van der Waals surface area (Å²) >= 11 is 0. The maximum absolute atomic E-state index is 11.3. The van der Waals surface area contributed by atoms with Crippen LogP contribution in [0.2, 0.25) is 0 Å². The third kappa shape index (κ3) is 2.53. The van der Waals surface area contributed by atoms with Crippen molar-refractivity contribution in [1.29, 1.82) is 0 Å². The molecule has 1 heterocycles. The van der Waals surface area contributed by atoms with Crippen molar-refractivity contribution in [2.45, 2.75) is 6.92 Å². The molecule has 5 nitrogen and oxygen atoms in total. The van der Waals surface area contributed by atoms with Gasteiger partial charge in [-0.05, 0) is 36.8 Å². The minimum atomic E-state index is -1.04. The summed E-state index contributed by atoms with van der Waals surface area (Å²) in [6.07, 6.45) is 1.40. The quantitative estimate of drug-likeness (QED) is 0.795. The summed E-state index contributed by atoms with van der Waals surface area (Å²) in [5.74, 6) is -0.427. The molecule has 0 amide bonds. The minimum Gasteiger partial charge on any atom is -0.478 e. The SMILES string of the molecule is Cc1ccc(C(=O)O)c(Oc2ncnc3ccccc23)c1. The Bertz CT molecular complexity index is 825. The number of nitrogens with zero attached hydrogens (tertiary/aromatic N) is 2. The molecule has 0 atom stereocenters. The van der Waals surface area contributed by atoms with Crippen LogP contribution in [0.15, 0.2) is 48.8 Å². The van der Waals surface area contributed by atoms with Crippen LogP contribution >= 0.6 is 0 Å². The van der Waals surface area contributed by atoms with E-state index in [0.717, 1.165) is 16.5 Å². The van der Waals surface area contributed by atoms with Gasteiger partial charge in [0, 0.05) is 0 Å². The second-order valence-corrected chi connectivity index (χ2v) is 4.60. The molecule has 0 saturated carbocycles. The zero-order valence-electron chi connectivity index (χ0n) is 11.3. The Hall–Kier alpha value is -2.95. The number of benzene rings is 2. The van der Waals surface area contributed by atoms with Gasteiger partial charge in [0.1, 0.15) is 17.6 Å². The number of carbonyl (C=O) groups is 1. The lowest BCUT2D eigenvalue weighted by Crippen LogP contribution is -2.01. The first kappa shape index (κ1) is 13.1. The van der Waals surface area contributed by atoms with Crippen LogP contribution in [-0.4, -0.2) is 21.0 Å². The number of rotatable bonds is 3. The summed E-state index contributed by atoms with van der Waals surface area (Å²) in [5, 5.41) is 9.97. The van der Waals surface area contributed by atoms with Crippen molar-refractivity contribution in [1.82, 2.24) is 9.97 Å². The van der Waals surface area contributed by atoms with E-state index in [-0.39, 0.29) is 11.3 Å². The number of carboxylic acid groups (broad SMARTS) is 1. The highest BCUT2D eigenvalue weighted by molar-refractivity contribution is 5.91. The molecular weight excluding hydrogens is 268 g/mol. The number of carboxylic acids is 1. The molecule has 0 spiro atoms. The second kappa shape index (κ2) is 5.20. The molecule has 0 saturated heterocycles. The number of hydrogen-bond acceptors (Lipinski definition) is 4. The first-order valence-corrected chi connectivity index (χ1v) is 6.36. The van der Waals surface area contributed by atoms with Gasteiger partial charge in [-0.2, -0.15) is 0 Å². The van der Waals surface area contributed by atoms with E-state index in [9.17, 15) is 9.90 Å². The van der Waals surface area contributed by atoms with E-state index in [1.54, 1.807) is 12.1 Å². The van der Waals surface area contributed by atoms with Crippen molar-refractivity contribution in [3.8, 4) is 11.6 Å². The molecule has 3 rings (SSSR count). The minimum absolute atomic E-state index is 0.100. The molecule has 1 aromatic heterocycles. The standard InChI is InChI=1S/C16H12N2O3/c1-10-6-7-12(16(19)20)14(8-10)21-15-11-4-2-3-5-13(11)17-9-18-15/h2-9H,1H3,(H,19,20). The van der Waals surface area contributed by atoms with Gasteiger partial charge in [-0.1, -0.05) is 18.2 Å². The van der Waals surface area contributed by atoms with E-state index in [1.165, 1.54) is 12.4 Å². The Morgan fingerprint density at radius 2 is 1.95 bits per heavy atom. The zero-order valence-corrected chi connectivity index (χ0v) is 11.3. The summed E-state index contributed by atoms with van der Waals surface area (Å²) in [7, 11) is 0. The average Bonchev–Trinajstić information content (AvgIpc) is 2.47. The first-order valence-electron chi connectivity index (χ1n) is 6.36. The molecule has 0 aliphatic rings. The highest BCUT2D eigenvalue weighted by atomic mass is 16.5. The van der Waals surface area contributed by atoms with Gasteiger partial charge in [0.15, 0.2) is 0 Å². The van der Waals surface area contributed by atoms with Gasteiger partial charge in [0.2, 0.25) is 5.88 Å². The summed E-state index contributed by atoms with van der Waals surface area (Å²) in [4.78, 5) is 19.5. The molecule has 21 heavy (non-hydrogen) atoms. The Labute approximate surface area is 120 Å². The van der Waals surface area contributed by atoms with Crippen molar-refractivity contribution in [2.24, 2.45) is 0 Å². The molecule has 0 radical (unpaired) electrons. The van der Waals surface area contributed by atoms with Crippen LogP contribution in [0.4, 0.5) is 0 Å². The molecule has 3 aromatic rings. The van der Waals surface area contributed by atoms with Crippen molar-refractivity contribution in [3.63, 3.8) is 0 Å². The smallest absolute Gasteiger partial charge is 0.339 e. The molecule has 0 unspecified atom stereocenters. The van der Waals surface area contributed by atoms with E-state index >= 15 is 0 Å². The van der Waals surface area contributed by atoms with Crippen molar-refractivity contribution in [2.75, 3.05) is 0 Å². The lowest BCUT2D eigenvalue weighted by molar-refractivity contribution is 0.0694. The molecule has 1 N–H and O–H groups in total. The van der Waals surface area contributed by atoms with Gasteiger partial charge in [-0.3, -0.25) is 0 Å². The summed E-state index contributed by atoms with van der Waals surface area (Å²) in [6, 6.07) is 12.3. The van der Waals surface area contributed by atoms with Crippen LogP contribution in [-0.2, 0) is 0 Å². The molecule has 5 heteroatoms. The van der Waals surface area contributed by atoms with Crippen LogP contribution in [0, 0.1) is 6.92 Å². The number of para-hydroxylation sites is 1. The highest BCUT2D eigenvalue weighted by Gasteiger charge is 2.14. The highest BCUT2D eigenvalue weighted by Crippen LogP contribution is 2.29. The molecule has 0 aliphatic heterocycles. The number of aromatic nitrogens is 2. The average molecular weight is 280 g/mol. The maximum atomic E-state index is 11.3. The largest absolute Gasteiger partial charge is 0.478 e. The Balaban J connectivity index is 2.11. The van der Waals surface area contributed by atoms with Gasteiger partial charge >= 0.3 is 5.97 Å². The predicted molar refractivity (Wildman–Crippen MR) is 77.8 cm³/mol. The van der Waals surface area contributed by atoms with Crippen molar-refractivity contribution < 1.29 is 14.6 Å². The third-order valence-electron chi connectivity index (χ3n) is 3.08. The van der Waals surface area contributed by atoms with Gasteiger partial charge in [-0.15, -0.1) is 0 Å². The van der Waals surface area contributed by atoms with Crippen molar-refractivity contribution in [3.05, 3.63) is 59.9 Å². The fourth-order valence-electron chi connectivity index (χ4n) is 2.06. The molecule has 0 fully saturated rings. The van der Waals surface area contributed by atoms with Gasteiger partial charge < -0.3 is 9.84 Å². The predicted octanol–water partition coefficient (Wildman–Crippen LogP) is 3.43. The molecule has 2 aromatic carbocycles. The Morgan fingerprint density at radius 3 is 2.76 bits per heavy atom. The van der Waals surface area contributed by atoms with Crippen LogP contribution in [0.1, 0.15) is 15.9 Å². The fourth-order valence-corrected chi connectivity index (χ4v) is 2.06. The van der Waals surface area contributed by atoms with E-state index in [4.69, 9.17) is 4.74 Å². The maximum Gasteiger partial charge on any atom is 0.339 e. The molecular formula is C16H12N2O3. The van der Waals surface area contributed by atoms with Gasteiger partial charge in [0.25, 0.3) is 0 Å². The fraction of sp³-hybridized carbons (Fsp3) is 0.0625. The van der Waals surface area contributed by atoms with E-state index in [0.29, 0.717) is 5.88 Å².